The summed E-state index contributed by atoms with van der Waals surface area (Å²) in [5, 5.41) is 1.34. The molecule has 0 spiro atoms. The van der Waals surface area contributed by atoms with Crippen molar-refractivity contribution in [3.63, 3.8) is 0 Å². The highest BCUT2D eigenvalue weighted by Gasteiger charge is 2.13. The van der Waals surface area contributed by atoms with E-state index in [0.717, 1.165) is 47.5 Å². The third kappa shape index (κ3) is 4.34. The van der Waals surface area contributed by atoms with E-state index in [1.807, 2.05) is 48.5 Å². The van der Waals surface area contributed by atoms with Crippen molar-refractivity contribution < 1.29 is 4.74 Å². The van der Waals surface area contributed by atoms with Crippen LogP contribution < -0.4 is 10.3 Å². The van der Waals surface area contributed by atoms with Gasteiger partial charge in [-0.25, -0.2) is 4.98 Å². The Morgan fingerprint density at radius 1 is 1.07 bits per heavy atom. The normalized spacial score (nSPS) is 11.3. The second-order valence-electron chi connectivity index (χ2n) is 6.13. The van der Waals surface area contributed by atoms with Gasteiger partial charge in [0.25, 0.3) is 5.56 Å². The molecule has 0 bridgehead atoms. The Kier molecular flexibility index (Phi) is 6.53. The summed E-state index contributed by atoms with van der Waals surface area (Å²) in [6.45, 7) is 7.33. The fourth-order valence-corrected chi connectivity index (χ4v) is 3.99. The van der Waals surface area contributed by atoms with Gasteiger partial charge in [-0.1, -0.05) is 37.7 Å². The first kappa shape index (κ1) is 19.5. The number of methoxy groups -OCH3 is 1. The van der Waals surface area contributed by atoms with E-state index in [-0.39, 0.29) is 5.56 Å². The second kappa shape index (κ2) is 9.06. The predicted octanol–water partition coefficient (Wildman–Crippen LogP) is 3.83. The zero-order valence-corrected chi connectivity index (χ0v) is 16.8. The molecular weight excluding hydrogens is 358 g/mol. The average Bonchev–Trinajstić information content (AvgIpc) is 2.71. The van der Waals surface area contributed by atoms with Crippen molar-refractivity contribution >= 4 is 22.7 Å². The zero-order chi connectivity index (χ0) is 19.2. The highest BCUT2D eigenvalue weighted by atomic mass is 32.2. The molecule has 0 fully saturated rings. The first-order valence-corrected chi connectivity index (χ1v) is 10.2. The zero-order valence-electron chi connectivity index (χ0n) is 16.0. The number of thioether (sulfide) groups is 1. The predicted molar refractivity (Wildman–Crippen MR) is 112 cm³/mol. The lowest BCUT2D eigenvalue weighted by atomic mass is 10.2. The van der Waals surface area contributed by atoms with E-state index in [4.69, 9.17) is 9.72 Å². The van der Waals surface area contributed by atoms with E-state index in [0.29, 0.717) is 5.39 Å². The van der Waals surface area contributed by atoms with Gasteiger partial charge in [-0.05, 0) is 49.5 Å². The smallest absolute Gasteiger partial charge is 0.266 e. The molecule has 0 aliphatic heterocycles. The fourth-order valence-electron chi connectivity index (χ4n) is 2.97. The monoisotopic (exact) mass is 383 g/mol. The standard InChI is InChI=1S/C21H25N3O2S/c1-4-23(5-2)14-15-27-21-22-19-9-7-6-8-18(19)20(25)24(21)16-10-12-17(26-3)13-11-16/h6-13H,4-5,14-15H2,1-3H3. The van der Waals surface area contributed by atoms with Gasteiger partial charge in [-0.3, -0.25) is 9.36 Å². The van der Waals surface area contributed by atoms with Crippen LogP contribution in [0.1, 0.15) is 13.8 Å². The molecule has 3 aromatic rings. The molecule has 2 aromatic carbocycles. The Bertz CT molecular complexity index is 950. The quantitative estimate of drug-likeness (QED) is 0.437. The number of ether oxygens (including phenoxy) is 1. The summed E-state index contributed by atoms with van der Waals surface area (Å²) >= 11 is 1.62. The van der Waals surface area contributed by atoms with Crippen LogP contribution in [0.25, 0.3) is 16.6 Å². The highest BCUT2D eigenvalue weighted by molar-refractivity contribution is 7.99. The Morgan fingerprint density at radius 3 is 2.44 bits per heavy atom. The molecule has 0 N–H and O–H groups in total. The molecule has 0 saturated heterocycles. The Labute approximate surface area is 164 Å². The first-order chi connectivity index (χ1) is 13.2. The molecule has 0 atom stereocenters. The van der Waals surface area contributed by atoms with Gasteiger partial charge in [0.15, 0.2) is 5.16 Å². The molecule has 0 unspecified atom stereocenters. The van der Waals surface area contributed by atoms with Gasteiger partial charge >= 0.3 is 0 Å². The van der Waals surface area contributed by atoms with Crippen LogP contribution in [-0.4, -0.2) is 46.9 Å². The SMILES string of the molecule is CCN(CC)CCSc1nc2ccccc2c(=O)n1-c1ccc(OC)cc1. The molecule has 1 heterocycles. The third-order valence-electron chi connectivity index (χ3n) is 4.61. The van der Waals surface area contributed by atoms with E-state index in [9.17, 15) is 4.79 Å². The molecule has 1 aromatic heterocycles. The van der Waals surface area contributed by atoms with E-state index in [2.05, 4.69) is 18.7 Å². The number of nitrogens with zero attached hydrogens (tertiary/aromatic N) is 3. The number of aromatic nitrogens is 2. The van der Waals surface area contributed by atoms with Crippen LogP contribution in [0.5, 0.6) is 5.75 Å². The molecule has 27 heavy (non-hydrogen) atoms. The van der Waals surface area contributed by atoms with Gasteiger partial charge in [0, 0.05) is 12.3 Å². The van der Waals surface area contributed by atoms with E-state index >= 15 is 0 Å². The molecular formula is C21H25N3O2S. The molecule has 0 aliphatic rings. The summed E-state index contributed by atoms with van der Waals surface area (Å²) in [5.74, 6) is 1.64. The number of benzene rings is 2. The molecule has 6 heteroatoms. The molecule has 3 rings (SSSR count). The Morgan fingerprint density at radius 2 is 1.78 bits per heavy atom. The minimum atomic E-state index is -0.0453. The molecule has 5 nitrogen and oxygen atoms in total. The van der Waals surface area contributed by atoms with Crippen molar-refractivity contribution in [3.05, 3.63) is 58.9 Å². The maximum absolute atomic E-state index is 13.2. The molecule has 0 amide bonds. The van der Waals surface area contributed by atoms with Crippen LogP contribution in [0.3, 0.4) is 0 Å². The summed E-state index contributed by atoms with van der Waals surface area (Å²) in [6, 6.07) is 15.0. The lowest BCUT2D eigenvalue weighted by Gasteiger charge is -2.18. The average molecular weight is 384 g/mol. The summed E-state index contributed by atoms with van der Waals surface area (Å²) in [5.41, 5.74) is 1.48. The lowest BCUT2D eigenvalue weighted by Crippen LogP contribution is -2.26. The van der Waals surface area contributed by atoms with Crippen LogP contribution in [0.4, 0.5) is 0 Å². The Hall–Kier alpha value is -2.31. The summed E-state index contributed by atoms with van der Waals surface area (Å²) in [4.78, 5) is 20.3. The van der Waals surface area contributed by atoms with Crippen molar-refractivity contribution in [1.82, 2.24) is 14.5 Å². The van der Waals surface area contributed by atoms with Crippen molar-refractivity contribution in [2.24, 2.45) is 0 Å². The Balaban J connectivity index is 2.02. The molecule has 0 radical (unpaired) electrons. The van der Waals surface area contributed by atoms with E-state index < -0.39 is 0 Å². The maximum atomic E-state index is 13.2. The van der Waals surface area contributed by atoms with Crippen molar-refractivity contribution in [3.8, 4) is 11.4 Å². The number of hydrogen-bond acceptors (Lipinski definition) is 5. The summed E-state index contributed by atoms with van der Waals surface area (Å²) in [7, 11) is 1.63. The van der Waals surface area contributed by atoms with Crippen molar-refractivity contribution in [2.45, 2.75) is 19.0 Å². The van der Waals surface area contributed by atoms with E-state index in [1.54, 1.807) is 23.4 Å². The van der Waals surface area contributed by atoms with Crippen LogP contribution in [0.2, 0.25) is 0 Å². The lowest BCUT2D eigenvalue weighted by molar-refractivity contribution is 0.324. The van der Waals surface area contributed by atoms with Crippen LogP contribution in [0, 0.1) is 0 Å². The molecule has 142 valence electrons. The maximum Gasteiger partial charge on any atom is 0.266 e. The van der Waals surface area contributed by atoms with Crippen LogP contribution in [-0.2, 0) is 0 Å². The second-order valence-corrected chi connectivity index (χ2v) is 7.19. The number of rotatable bonds is 8. The number of hydrogen-bond donors (Lipinski definition) is 0. The third-order valence-corrected chi connectivity index (χ3v) is 5.53. The van der Waals surface area contributed by atoms with Gasteiger partial charge in [-0.15, -0.1) is 0 Å². The van der Waals surface area contributed by atoms with Crippen molar-refractivity contribution in [2.75, 3.05) is 32.5 Å². The van der Waals surface area contributed by atoms with Gasteiger partial charge in [-0.2, -0.15) is 0 Å². The number of fused-ring (bicyclic) bond motifs is 1. The summed E-state index contributed by atoms with van der Waals surface area (Å²) < 4.78 is 6.94. The first-order valence-electron chi connectivity index (χ1n) is 9.19. The van der Waals surface area contributed by atoms with Crippen LogP contribution >= 0.6 is 11.8 Å². The van der Waals surface area contributed by atoms with Gasteiger partial charge in [0.1, 0.15) is 5.75 Å². The van der Waals surface area contributed by atoms with Gasteiger partial charge in [0.05, 0.1) is 23.7 Å². The molecule has 0 aliphatic carbocycles. The van der Waals surface area contributed by atoms with Crippen molar-refractivity contribution in [1.29, 1.82) is 0 Å². The van der Waals surface area contributed by atoms with E-state index in [1.165, 1.54) is 0 Å². The minimum Gasteiger partial charge on any atom is -0.497 e. The minimum absolute atomic E-state index is 0.0453. The van der Waals surface area contributed by atoms with Gasteiger partial charge in [0.2, 0.25) is 0 Å². The number of para-hydroxylation sites is 1. The summed E-state index contributed by atoms with van der Waals surface area (Å²) in [6.07, 6.45) is 0. The van der Waals surface area contributed by atoms with Gasteiger partial charge < -0.3 is 9.64 Å². The largest absolute Gasteiger partial charge is 0.497 e. The molecule has 0 saturated carbocycles. The highest BCUT2D eigenvalue weighted by Crippen LogP contribution is 2.22. The van der Waals surface area contributed by atoms with Crippen LogP contribution in [0.15, 0.2) is 58.5 Å². The fraction of sp³-hybridized carbons (Fsp3) is 0.333. The topological polar surface area (TPSA) is 47.4 Å².